The number of amides is 2. The monoisotopic (exact) mass is 517 g/mol. The molecule has 0 aliphatic heterocycles. The molecule has 36 heavy (non-hydrogen) atoms. The SMILES string of the molecule is COc1ccc(N(CCCC(=O)N(Cc2ccccc2C)C(C)C(=O)NCC(C)C)S(C)(=O)=O)cc1. The minimum Gasteiger partial charge on any atom is -0.497 e. The number of aryl methyl sites for hydroxylation is 1. The summed E-state index contributed by atoms with van der Waals surface area (Å²) in [5.74, 6) is 0.510. The highest BCUT2D eigenvalue weighted by molar-refractivity contribution is 7.92. The minimum atomic E-state index is -3.55. The molecule has 198 valence electrons. The zero-order valence-electron chi connectivity index (χ0n) is 22.2. The average Bonchev–Trinajstić information content (AvgIpc) is 2.83. The maximum absolute atomic E-state index is 13.4. The highest BCUT2D eigenvalue weighted by atomic mass is 32.2. The molecule has 0 saturated carbocycles. The number of nitrogens with zero attached hydrogens (tertiary/aromatic N) is 2. The number of benzene rings is 2. The van der Waals surface area contributed by atoms with E-state index in [1.165, 1.54) is 4.31 Å². The number of carbonyl (C=O) groups is 2. The second-order valence-electron chi connectivity index (χ2n) is 9.40. The molecule has 0 aliphatic carbocycles. The van der Waals surface area contributed by atoms with Crippen molar-refractivity contribution in [2.45, 2.75) is 53.1 Å². The lowest BCUT2D eigenvalue weighted by molar-refractivity contribution is -0.140. The first-order valence-electron chi connectivity index (χ1n) is 12.2. The van der Waals surface area contributed by atoms with Crippen LogP contribution < -0.4 is 14.4 Å². The van der Waals surface area contributed by atoms with Crippen molar-refractivity contribution < 1.29 is 22.7 Å². The van der Waals surface area contributed by atoms with Gasteiger partial charge in [0.15, 0.2) is 0 Å². The molecule has 2 amide bonds. The molecule has 0 fully saturated rings. The van der Waals surface area contributed by atoms with E-state index in [-0.39, 0.29) is 24.8 Å². The van der Waals surface area contributed by atoms with E-state index in [0.717, 1.165) is 17.4 Å². The van der Waals surface area contributed by atoms with E-state index in [1.54, 1.807) is 43.2 Å². The molecule has 0 spiro atoms. The number of anilines is 1. The molecule has 2 rings (SSSR count). The smallest absolute Gasteiger partial charge is 0.242 e. The van der Waals surface area contributed by atoms with Gasteiger partial charge in [-0.2, -0.15) is 0 Å². The largest absolute Gasteiger partial charge is 0.497 e. The van der Waals surface area contributed by atoms with Gasteiger partial charge in [0, 0.05) is 26.1 Å². The van der Waals surface area contributed by atoms with Crippen LogP contribution in [0, 0.1) is 12.8 Å². The van der Waals surface area contributed by atoms with Gasteiger partial charge in [0.25, 0.3) is 0 Å². The second-order valence-corrected chi connectivity index (χ2v) is 11.3. The fraction of sp³-hybridized carbons (Fsp3) is 0.481. The van der Waals surface area contributed by atoms with Gasteiger partial charge in [-0.15, -0.1) is 0 Å². The summed E-state index contributed by atoms with van der Waals surface area (Å²) < 4.78 is 31.3. The summed E-state index contributed by atoms with van der Waals surface area (Å²) in [6.07, 6.45) is 1.56. The van der Waals surface area contributed by atoms with E-state index < -0.39 is 16.1 Å². The Hall–Kier alpha value is -3.07. The van der Waals surface area contributed by atoms with E-state index in [2.05, 4.69) is 5.32 Å². The predicted octanol–water partition coefficient (Wildman–Crippen LogP) is 3.74. The number of carbonyl (C=O) groups excluding carboxylic acids is 2. The van der Waals surface area contributed by atoms with E-state index in [1.807, 2.05) is 45.0 Å². The molecule has 0 heterocycles. The van der Waals surface area contributed by atoms with E-state index in [4.69, 9.17) is 4.74 Å². The van der Waals surface area contributed by atoms with Crippen molar-refractivity contribution in [2.24, 2.45) is 5.92 Å². The van der Waals surface area contributed by atoms with Crippen molar-refractivity contribution in [1.29, 1.82) is 0 Å². The third kappa shape index (κ3) is 8.55. The van der Waals surface area contributed by atoms with E-state index >= 15 is 0 Å². The molecule has 2 aromatic carbocycles. The minimum absolute atomic E-state index is 0.107. The highest BCUT2D eigenvalue weighted by Crippen LogP contribution is 2.22. The first-order valence-corrected chi connectivity index (χ1v) is 14.0. The van der Waals surface area contributed by atoms with Gasteiger partial charge in [0.1, 0.15) is 11.8 Å². The Morgan fingerprint density at radius 3 is 2.22 bits per heavy atom. The topological polar surface area (TPSA) is 96.0 Å². The number of methoxy groups -OCH3 is 1. The number of hydrogen-bond acceptors (Lipinski definition) is 5. The molecule has 2 aromatic rings. The van der Waals surface area contributed by atoms with Crippen molar-refractivity contribution in [2.75, 3.05) is 30.8 Å². The fourth-order valence-corrected chi connectivity index (χ4v) is 4.72. The summed E-state index contributed by atoms with van der Waals surface area (Å²) in [5.41, 5.74) is 2.50. The summed E-state index contributed by atoms with van der Waals surface area (Å²) in [5, 5.41) is 2.91. The molecule has 0 aromatic heterocycles. The quantitative estimate of drug-likeness (QED) is 0.437. The van der Waals surface area contributed by atoms with Crippen molar-refractivity contribution in [3.63, 3.8) is 0 Å². The van der Waals surface area contributed by atoms with Crippen LogP contribution in [0.15, 0.2) is 48.5 Å². The molecule has 1 unspecified atom stereocenters. The number of nitrogens with one attached hydrogen (secondary N) is 1. The summed E-state index contributed by atoms with van der Waals surface area (Å²) in [4.78, 5) is 27.8. The van der Waals surface area contributed by atoms with Crippen LogP contribution in [-0.4, -0.2) is 57.6 Å². The van der Waals surface area contributed by atoms with Gasteiger partial charge >= 0.3 is 0 Å². The van der Waals surface area contributed by atoms with E-state index in [0.29, 0.717) is 36.9 Å². The number of hydrogen-bond donors (Lipinski definition) is 1. The van der Waals surface area contributed by atoms with Crippen LogP contribution in [0.25, 0.3) is 0 Å². The second kappa shape index (κ2) is 13.3. The van der Waals surface area contributed by atoms with Gasteiger partial charge in [-0.1, -0.05) is 38.1 Å². The summed E-state index contributed by atoms with van der Waals surface area (Å²) >= 11 is 0. The lowest BCUT2D eigenvalue weighted by atomic mass is 10.1. The van der Waals surface area contributed by atoms with Crippen molar-refractivity contribution in [3.8, 4) is 5.75 Å². The zero-order valence-corrected chi connectivity index (χ0v) is 23.0. The van der Waals surface area contributed by atoms with Crippen molar-refractivity contribution in [1.82, 2.24) is 10.2 Å². The number of ether oxygens (including phenoxy) is 1. The van der Waals surface area contributed by atoms with Gasteiger partial charge in [0.2, 0.25) is 21.8 Å². The van der Waals surface area contributed by atoms with Gasteiger partial charge in [-0.05, 0) is 61.6 Å². The van der Waals surface area contributed by atoms with Gasteiger partial charge in [0.05, 0.1) is 19.1 Å². The first-order chi connectivity index (χ1) is 16.9. The molecule has 1 N–H and O–H groups in total. The maximum Gasteiger partial charge on any atom is 0.242 e. The normalized spacial score (nSPS) is 12.2. The number of rotatable bonds is 13. The van der Waals surface area contributed by atoms with Crippen LogP contribution in [0.3, 0.4) is 0 Å². The molecular weight excluding hydrogens is 478 g/mol. The Morgan fingerprint density at radius 1 is 1.03 bits per heavy atom. The molecule has 0 aliphatic rings. The van der Waals surface area contributed by atoms with Gasteiger partial charge in [-0.25, -0.2) is 8.42 Å². The Kier molecular flexibility index (Phi) is 10.8. The third-order valence-corrected chi connectivity index (χ3v) is 7.16. The first kappa shape index (κ1) is 29.2. The summed E-state index contributed by atoms with van der Waals surface area (Å²) in [6.45, 7) is 8.70. The molecule has 0 radical (unpaired) electrons. The fourth-order valence-electron chi connectivity index (χ4n) is 3.76. The molecule has 1 atom stereocenters. The average molecular weight is 518 g/mol. The van der Waals surface area contributed by atoms with Crippen LogP contribution in [0.1, 0.15) is 44.7 Å². The van der Waals surface area contributed by atoms with Crippen LogP contribution in [-0.2, 0) is 26.2 Å². The Labute approximate surface area is 215 Å². The molecule has 9 heteroatoms. The lowest BCUT2D eigenvalue weighted by Crippen LogP contribution is -2.48. The maximum atomic E-state index is 13.4. The molecule has 0 bridgehead atoms. The lowest BCUT2D eigenvalue weighted by Gasteiger charge is -2.30. The predicted molar refractivity (Wildman–Crippen MR) is 143 cm³/mol. The standard InChI is InChI=1S/C27H39N3O5S/c1-20(2)18-28-27(32)22(4)29(19-23-11-8-7-10-21(23)3)26(31)12-9-17-30(36(6,33)34)24-13-15-25(35-5)16-14-24/h7-8,10-11,13-16,20,22H,9,12,17-19H2,1-6H3,(H,28,32). The summed E-state index contributed by atoms with van der Waals surface area (Å²) in [7, 11) is -2.01. The Morgan fingerprint density at radius 2 is 1.67 bits per heavy atom. The Bertz CT molecular complexity index is 1120. The van der Waals surface area contributed by atoms with Crippen LogP contribution in [0.2, 0.25) is 0 Å². The molecular formula is C27H39N3O5S. The summed E-state index contributed by atoms with van der Waals surface area (Å²) in [6, 6.07) is 13.8. The van der Waals surface area contributed by atoms with Gasteiger partial charge in [-0.3, -0.25) is 13.9 Å². The molecule has 8 nitrogen and oxygen atoms in total. The highest BCUT2D eigenvalue weighted by Gasteiger charge is 2.27. The zero-order chi connectivity index (χ0) is 26.9. The van der Waals surface area contributed by atoms with Crippen LogP contribution in [0.5, 0.6) is 5.75 Å². The van der Waals surface area contributed by atoms with Crippen molar-refractivity contribution >= 4 is 27.5 Å². The van der Waals surface area contributed by atoms with Gasteiger partial charge < -0.3 is 15.0 Å². The van der Waals surface area contributed by atoms with E-state index in [9.17, 15) is 18.0 Å². The van der Waals surface area contributed by atoms with Crippen LogP contribution >= 0.6 is 0 Å². The third-order valence-electron chi connectivity index (χ3n) is 5.97. The number of sulfonamides is 1. The van der Waals surface area contributed by atoms with Crippen molar-refractivity contribution in [3.05, 3.63) is 59.7 Å². The Balaban J connectivity index is 2.16. The molecule has 0 saturated heterocycles. The van der Waals surface area contributed by atoms with Crippen LogP contribution in [0.4, 0.5) is 5.69 Å².